The molecule has 0 aliphatic carbocycles. The predicted octanol–water partition coefficient (Wildman–Crippen LogP) is 5.66. The average Bonchev–Trinajstić information content (AvgIpc) is 3.24. The Morgan fingerprint density at radius 2 is 1.78 bits per heavy atom. The van der Waals surface area contributed by atoms with Gasteiger partial charge in [-0.25, -0.2) is 4.98 Å². The van der Waals surface area contributed by atoms with Gasteiger partial charge in [0, 0.05) is 27.9 Å². The van der Waals surface area contributed by atoms with Crippen LogP contribution in [0.15, 0.2) is 71.8 Å². The largest absolute Gasteiger partial charge is 0.450 e. The van der Waals surface area contributed by atoms with E-state index in [2.05, 4.69) is 20.3 Å². The molecule has 1 aromatic heterocycles. The van der Waals surface area contributed by atoms with Gasteiger partial charge in [-0.05, 0) is 59.2 Å². The summed E-state index contributed by atoms with van der Waals surface area (Å²) in [4.78, 5) is 40.7. The standard InChI is InChI=1S/C22H12F3N7O4/c23-22(24,25)21-28-16-11-12(19(33)29-30-26)5-10-18(16)31(21)14-8-6-13(7-9-14)27-20(34)15-3-1-2-4-17(15)32(35)36/h1-11H,(H,27,34). The Kier molecular flexibility index (Phi) is 6.11. The van der Waals surface area contributed by atoms with Crippen LogP contribution in [-0.2, 0) is 6.18 Å². The van der Waals surface area contributed by atoms with Crippen LogP contribution in [0.2, 0.25) is 0 Å². The van der Waals surface area contributed by atoms with Gasteiger partial charge in [0.1, 0.15) is 5.56 Å². The molecule has 4 aromatic rings. The lowest BCUT2D eigenvalue weighted by Crippen LogP contribution is -2.15. The van der Waals surface area contributed by atoms with E-state index in [1.54, 1.807) is 0 Å². The first-order valence-corrected chi connectivity index (χ1v) is 9.94. The minimum atomic E-state index is -4.85. The summed E-state index contributed by atoms with van der Waals surface area (Å²) in [6, 6.07) is 14.1. The zero-order valence-electron chi connectivity index (χ0n) is 17.8. The molecule has 0 saturated heterocycles. The highest BCUT2D eigenvalue weighted by Crippen LogP contribution is 2.34. The number of rotatable bonds is 5. The number of hydrogen-bond donors (Lipinski definition) is 1. The first kappa shape index (κ1) is 23.9. The van der Waals surface area contributed by atoms with E-state index in [-0.39, 0.29) is 33.5 Å². The molecule has 0 saturated carbocycles. The van der Waals surface area contributed by atoms with Gasteiger partial charge >= 0.3 is 6.18 Å². The number of alkyl halides is 3. The number of nitro groups is 1. The predicted molar refractivity (Wildman–Crippen MR) is 121 cm³/mol. The van der Waals surface area contributed by atoms with Crippen molar-refractivity contribution in [3.05, 3.63) is 104 Å². The van der Waals surface area contributed by atoms with E-state index in [1.807, 2.05) is 0 Å². The van der Waals surface area contributed by atoms with Crippen LogP contribution in [-0.4, -0.2) is 26.3 Å². The SMILES string of the molecule is [N-]=[N+]=NC(=O)c1ccc2c(c1)nc(C(F)(F)F)n2-c1ccc(NC(=O)c2ccccc2[N+](=O)[O-])cc1. The van der Waals surface area contributed by atoms with Crippen molar-refractivity contribution in [1.82, 2.24) is 9.55 Å². The van der Waals surface area contributed by atoms with Gasteiger partial charge in [0.15, 0.2) is 0 Å². The molecule has 0 bridgehead atoms. The molecule has 11 nitrogen and oxygen atoms in total. The summed E-state index contributed by atoms with van der Waals surface area (Å²) in [5.74, 6) is -3.00. The van der Waals surface area contributed by atoms with E-state index >= 15 is 0 Å². The molecule has 2 amide bonds. The van der Waals surface area contributed by atoms with Crippen LogP contribution < -0.4 is 5.32 Å². The van der Waals surface area contributed by atoms with E-state index in [4.69, 9.17) is 5.53 Å². The third-order valence-corrected chi connectivity index (χ3v) is 5.02. The average molecular weight is 495 g/mol. The number of azide groups is 1. The molecular formula is C22H12F3N7O4. The van der Waals surface area contributed by atoms with E-state index in [0.717, 1.165) is 10.6 Å². The summed E-state index contributed by atoms with van der Waals surface area (Å²) in [6.45, 7) is 0. The van der Waals surface area contributed by atoms with Crippen molar-refractivity contribution in [2.75, 3.05) is 5.32 Å². The zero-order chi connectivity index (χ0) is 26.0. The van der Waals surface area contributed by atoms with Crippen molar-refractivity contribution in [2.45, 2.75) is 6.18 Å². The molecule has 180 valence electrons. The number of imidazole rings is 1. The van der Waals surface area contributed by atoms with Crippen LogP contribution in [0.25, 0.3) is 27.2 Å². The minimum Gasteiger partial charge on any atom is -0.322 e. The third-order valence-electron chi connectivity index (χ3n) is 5.02. The number of amides is 2. The normalized spacial score (nSPS) is 11.1. The molecule has 0 unspecified atom stereocenters. The monoisotopic (exact) mass is 495 g/mol. The topological polar surface area (TPSA) is 156 Å². The Bertz CT molecular complexity index is 1570. The molecule has 0 aliphatic rings. The van der Waals surface area contributed by atoms with Gasteiger partial charge in [0.2, 0.25) is 11.7 Å². The lowest BCUT2D eigenvalue weighted by atomic mass is 10.1. The van der Waals surface area contributed by atoms with Gasteiger partial charge in [0.25, 0.3) is 11.6 Å². The Morgan fingerprint density at radius 1 is 1.08 bits per heavy atom. The number of carbonyl (C=O) groups excluding carboxylic acids is 2. The van der Waals surface area contributed by atoms with Crippen molar-refractivity contribution in [3.63, 3.8) is 0 Å². The lowest BCUT2D eigenvalue weighted by molar-refractivity contribution is -0.385. The molecule has 3 aromatic carbocycles. The number of anilines is 1. The molecule has 1 N–H and O–H groups in total. The number of benzene rings is 3. The van der Waals surface area contributed by atoms with Gasteiger partial charge in [-0.2, -0.15) is 13.2 Å². The maximum Gasteiger partial charge on any atom is 0.450 e. The maximum atomic E-state index is 13.8. The van der Waals surface area contributed by atoms with Gasteiger partial charge in [-0.1, -0.05) is 12.1 Å². The first-order valence-electron chi connectivity index (χ1n) is 9.94. The second-order valence-electron chi connectivity index (χ2n) is 7.24. The van der Waals surface area contributed by atoms with Gasteiger partial charge < -0.3 is 5.32 Å². The molecular weight excluding hydrogens is 483 g/mol. The molecule has 1 heterocycles. The molecule has 0 atom stereocenters. The lowest BCUT2D eigenvalue weighted by Gasteiger charge is -2.12. The van der Waals surface area contributed by atoms with Crippen LogP contribution >= 0.6 is 0 Å². The number of nitrogens with one attached hydrogen (secondary N) is 1. The summed E-state index contributed by atoms with van der Waals surface area (Å²) in [5.41, 5.74) is 7.79. The molecule has 36 heavy (non-hydrogen) atoms. The Labute approximate surface area is 198 Å². The number of carbonyl (C=O) groups is 2. The highest BCUT2D eigenvalue weighted by molar-refractivity contribution is 6.07. The van der Waals surface area contributed by atoms with Crippen molar-refractivity contribution in [3.8, 4) is 5.69 Å². The number of para-hydroxylation sites is 1. The third kappa shape index (κ3) is 4.56. The van der Waals surface area contributed by atoms with E-state index < -0.39 is 34.4 Å². The fraction of sp³-hybridized carbons (Fsp3) is 0.0455. The Morgan fingerprint density at radius 3 is 2.42 bits per heavy atom. The number of fused-ring (bicyclic) bond motifs is 1. The van der Waals surface area contributed by atoms with Gasteiger partial charge in [0.05, 0.1) is 16.0 Å². The quantitative estimate of drug-likeness (QED) is 0.124. The van der Waals surface area contributed by atoms with Crippen molar-refractivity contribution in [1.29, 1.82) is 0 Å². The number of halogens is 3. The van der Waals surface area contributed by atoms with Crippen LogP contribution in [0.5, 0.6) is 0 Å². The molecule has 4 rings (SSSR count). The second kappa shape index (κ2) is 9.19. The van der Waals surface area contributed by atoms with Crippen molar-refractivity contribution in [2.24, 2.45) is 5.11 Å². The molecule has 0 spiro atoms. The molecule has 14 heteroatoms. The maximum absolute atomic E-state index is 13.8. The Hall–Kier alpha value is -5.23. The van der Waals surface area contributed by atoms with Gasteiger partial charge in [-0.3, -0.25) is 24.3 Å². The molecule has 0 radical (unpaired) electrons. The van der Waals surface area contributed by atoms with Gasteiger partial charge in [-0.15, -0.1) is 0 Å². The van der Waals surface area contributed by atoms with Crippen molar-refractivity contribution >= 4 is 34.2 Å². The molecule has 0 fully saturated rings. The highest BCUT2D eigenvalue weighted by atomic mass is 19.4. The summed E-state index contributed by atoms with van der Waals surface area (Å²) in [7, 11) is 0. The van der Waals surface area contributed by atoms with E-state index in [9.17, 15) is 32.9 Å². The number of nitrogens with zero attached hydrogens (tertiary/aromatic N) is 6. The number of aromatic nitrogens is 2. The summed E-state index contributed by atoms with van der Waals surface area (Å²) >= 11 is 0. The molecule has 0 aliphatic heterocycles. The summed E-state index contributed by atoms with van der Waals surface area (Å²) < 4.78 is 42.1. The second-order valence-corrected chi connectivity index (χ2v) is 7.24. The van der Waals surface area contributed by atoms with E-state index in [1.165, 1.54) is 60.7 Å². The fourth-order valence-electron chi connectivity index (χ4n) is 3.48. The number of hydrogen-bond acceptors (Lipinski definition) is 5. The summed E-state index contributed by atoms with van der Waals surface area (Å²) in [6.07, 6.45) is -4.85. The fourth-order valence-corrected chi connectivity index (χ4v) is 3.48. The highest BCUT2D eigenvalue weighted by Gasteiger charge is 2.38. The minimum absolute atomic E-state index is 0.0245. The van der Waals surface area contributed by atoms with Crippen LogP contribution in [0.4, 0.5) is 24.5 Å². The zero-order valence-corrected chi connectivity index (χ0v) is 17.8. The first-order chi connectivity index (χ1) is 17.1. The van der Waals surface area contributed by atoms with Crippen LogP contribution in [0.1, 0.15) is 26.5 Å². The van der Waals surface area contributed by atoms with Crippen LogP contribution in [0.3, 0.4) is 0 Å². The smallest absolute Gasteiger partial charge is 0.322 e. The Balaban J connectivity index is 1.71. The van der Waals surface area contributed by atoms with E-state index in [0.29, 0.717) is 0 Å². The van der Waals surface area contributed by atoms with Crippen LogP contribution in [0, 0.1) is 10.1 Å². The number of nitro benzene ring substituents is 1. The summed E-state index contributed by atoms with van der Waals surface area (Å²) in [5, 5.41) is 16.5. The van der Waals surface area contributed by atoms with Crippen molar-refractivity contribution < 1.29 is 27.7 Å².